The summed E-state index contributed by atoms with van der Waals surface area (Å²) in [7, 11) is 0. The molecule has 0 radical (unpaired) electrons. The van der Waals surface area contributed by atoms with Crippen LogP contribution >= 0.6 is 12.2 Å². The number of hydroxylamine groups is 1. The number of nitrogens with one attached hydrogen (secondary N) is 1. The highest BCUT2D eigenvalue weighted by atomic mass is 32.1. The molecule has 5 heteroatoms. The number of nitrogens with zero attached hydrogens (tertiary/aromatic N) is 1. The van der Waals surface area contributed by atoms with Crippen molar-refractivity contribution in [2.75, 3.05) is 6.61 Å². The molecule has 0 aliphatic rings. The number of isocyanates is 1. The normalized spacial score (nSPS) is 7.67. The third kappa shape index (κ3) is 5.10. The van der Waals surface area contributed by atoms with E-state index in [0.29, 0.717) is 6.61 Å². The van der Waals surface area contributed by atoms with E-state index in [1.165, 1.54) is 6.08 Å². The number of thiocarbonyl (C=S) groups is 1. The van der Waals surface area contributed by atoms with E-state index >= 15 is 0 Å². The number of rotatable bonds is 2. The van der Waals surface area contributed by atoms with Gasteiger partial charge in [-0.3, -0.25) is 4.84 Å². The van der Waals surface area contributed by atoms with Gasteiger partial charge in [0.15, 0.2) is 0 Å². The van der Waals surface area contributed by atoms with Crippen LogP contribution in [0.25, 0.3) is 0 Å². The summed E-state index contributed by atoms with van der Waals surface area (Å²) in [5.74, 6) is 0. The SMILES string of the molecule is CCONC(=S)N=C=O. The van der Waals surface area contributed by atoms with Crippen molar-refractivity contribution >= 4 is 23.4 Å². The molecule has 0 saturated carbocycles. The molecule has 0 heterocycles. The summed E-state index contributed by atoms with van der Waals surface area (Å²) in [6.07, 6.45) is 1.27. The quantitative estimate of drug-likeness (QED) is 0.261. The standard InChI is InChI=1S/C4H6N2O2S/c1-2-8-6-4(9)5-3-7/h2H2,1H3,(H,6,9). The first kappa shape index (κ1) is 8.23. The van der Waals surface area contributed by atoms with Gasteiger partial charge in [0.25, 0.3) is 0 Å². The fourth-order valence-corrected chi connectivity index (χ4v) is 0.294. The summed E-state index contributed by atoms with van der Waals surface area (Å²) in [6.45, 7) is 2.24. The third-order valence-corrected chi connectivity index (χ3v) is 0.626. The van der Waals surface area contributed by atoms with Gasteiger partial charge in [0.1, 0.15) is 0 Å². The number of hydrogen-bond donors (Lipinski definition) is 1. The monoisotopic (exact) mass is 146 g/mol. The van der Waals surface area contributed by atoms with Gasteiger partial charge in [0.2, 0.25) is 11.2 Å². The van der Waals surface area contributed by atoms with Gasteiger partial charge in [-0.1, -0.05) is 0 Å². The second kappa shape index (κ2) is 5.37. The number of carbonyl (C=O) groups excluding carboxylic acids is 1. The van der Waals surface area contributed by atoms with Crippen LogP contribution in [0.4, 0.5) is 0 Å². The van der Waals surface area contributed by atoms with Gasteiger partial charge in [-0.2, -0.15) is 0 Å². The van der Waals surface area contributed by atoms with E-state index in [0.717, 1.165) is 0 Å². The van der Waals surface area contributed by atoms with Crippen molar-refractivity contribution in [2.24, 2.45) is 4.99 Å². The zero-order valence-electron chi connectivity index (χ0n) is 4.88. The highest BCUT2D eigenvalue weighted by Gasteiger charge is 1.86. The van der Waals surface area contributed by atoms with E-state index < -0.39 is 0 Å². The van der Waals surface area contributed by atoms with Crippen LogP contribution in [0.2, 0.25) is 0 Å². The van der Waals surface area contributed by atoms with Crippen LogP contribution in [0.3, 0.4) is 0 Å². The Morgan fingerprint density at radius 1 is 2.00 bits per heavy atom. The lowest BCUT2D eigenvalue weighted by molar-refractivity contribution is 0.0979. The Bertz CT molecular complexity index is 142. The van der Waals surface area contributed by atoms with Crippen LogP contribution in [0, 0.1) is 0 Å². The van der Waals surface area contributed by atoms with Crippen LogP contribution in [0.5, 0.6) is 0 Å². The Balaban J connectivity index is 3.39. The summed E-state index contributed by atoms with van der Waals surface area (Å²) in [6, 6.07) is 0. The largest absolute Gasteiger partial charge is 0.274 e. The molecular weight excluding hydrogens is 140 g/mol. The average molecular weight is 146 g/mol. The van der Waals surface area contributed by atoms with Crippen LogP contribution in [-0.2, 0) is 9.63 Å². The highest BCUT2D eigenvalue weighted by Crippen LogP contribution is 1.71. The fraction of sp³-hybridized carbons (Fsp3) is 0.500. The first-order valence-electron chi connectivity index (χ1n) is 2.31. The van der Waals surface area contributed by atoms with Crippen molar-refractivity contribution in [3.63, 3.8) is 0 Å². The molecule has 0 atom stereocenters. The van der Waals surface area contributed by atoms with Gasteiger partial charge in [0.05, 0.1) is 6.61 Å². The molecule has 0 aromatic rings. The predicted octanol–water partition coefficient (Wildman–Crippen LogP) is 0.148. The zero-order valence-corrected chi connectivity index (χ0v) is 5.70. The van der Waals surface area contributed by atoms with Crippen molar-refractivity contribution < 1.29 is 9.63 Å². The van der Waals surface area contributed by atoms with Crippen molar-refractivity contribution in [2.45, 2.75) is 6.92 Å². The van der Waals surface area contributed by atoms with Gasteiger partial charge in [-0.05, 0) is 19.1 Å². The molecule has 0 aromatic carbocycles. The van der Waals surface area contributed by atoms with Gasteiger partial charge in [0, 0.05) is 0 Å². The summed E-state index contributed by atoms with van der Waals surface area (Å²) >= 11 is 4.45. The van der Waals surface area contributed by atoms with Gasteiger partial charge < -0.3 is 0 Å². The molecule has 0 amide bonds. The third-order valence-electron chi connectivity index (χ3n) is 0.451. The Morgan fingerprint density at radius 3 is 3.11 bits per heavy atom. The van der Waals surface area contributed by atoms with E-state index in [1.807, 2.05) is 0 Å². The maximum absolute atomic E-state index is 9.50. The summed E-state index contributed by atoms with van der Waals surface area (Å²) < 4.78 is 0. The minimum atomic E-state index is -0.00755. The molecule has 1 N–H and O–H groups in total. The minimum absolute atomic E-state index is 0.00755. The molecule has 0 unspecified atom stereocenters. The lowest BCUT2D eigenvalue weighted by Gasteiger charge is -1.97. The van der Waals surface area contributed by atoms with E-state index in [9.17, 15) is 4.79 Å². The molecule has 0 saturated heterocycles. The smallest absolute Gasteiger partial charge is 0.242 e. The lowest BCUT2D eigenvalue weighted by atomic mass is 10.9. The van der Waals surface area contributed by atoms with Crippen LogP contribution in [0.1, 0.15) is 6.92 Å². The molecule has 0 aliphatic heterocycles. The average Bonchev–Trinajstić information content (AvgIpc) is 1.85. The van der Waals surface area contributed by atoms with Crippen LogP contribution in [0.15, 0.2) is 4.99 Å². The summed E-state index contributed by atoms with van der Waals surface area (Å²) in [5.41, 5.74) is 2.24. The van der Waals surface area contributed by atoms with E-state index in [2.05, 4.69) is 27.5 Å². The molecule has 0 bridgehead atoms. The number of hydrogen-bond acceptors (Lipinski definition) is 3. The molecule has 9 heavy (non-hydrogen) atoms. The molecular formula is C4H6N2O2S. The van der Waals surface area contributed by atoms with E-state index in [4.69, 9.17) is 0 Å². The van der Waals surface area contributed by atoms with Gasteiger partial charge in [-0.25, -0.2) is 10.3 Å². The van der Waals surface area contributed by atoms with Crippen molar-refractivity contribution in [3.8, 4) is 0 Å². The second-order valence-corrected chi connectivity index (χ2v) is 1.43. The Morgan fingerprint density at radius 2 is 2.67 bits per heavy atom. The first-order chi connectivity index (χ1) is 4.31. The molecule has 0 spiro atoms. The molecule has 50 valence electrons. The van der Waals surface area contributed by atoms with Crippen LogP contribution < -0.4 is 5.48 Å². The minimum Gasteiger partial charge on any atom is -0.274 e. The molecule has 0 aromatic heterocycles. The number of aliphatic imine (C=N–C) groups is 1. The fourth-order valence-electron chi connectivity index (χ4n) is 0.198. The Labute approximate surface area is 57.9 Å². The highest BCUT2D eigenvalue weighted by molar-refractivity contribution is 7.80. The maximum Gasteiger partial charge on any atom is 0.242 e. The van der Waals surface area contributed by atoms with Gasteiger partial charge >= 0.3 is 0 Å². The van der Waals surface area contributed by atoms with E-state index in [1.54, 1.807) is 6.92 Å². The van der Waals surface area contributed by atoms with Crippen molar-refractivity contribution in [1.29, 1.82) is 0 Å². The van der Waals surface area contributed by atoms with Crippen LogP contribution in [-0.4, -0.2) is 17.8 Å². The molecule has 0 fully saturated rings. The van der Waals surface area contributed by atoms with Crippen molar-refractivity contribution in [3.05, 3.63) is 0 Å². The predicted molar refractivity (Wildman–Crippen MR) is 35.5 cm³/mol. The van der Waals surface area contributed by atoms with Gasteiger partial charge in [-0.15, -0.1) is 4.99 Å². The maximum atomic E-state index is 9.50. The molecule has 0 rings (SSSR count). The summed E-state index contributed by atoms with van der Waals surface area (Å²) in [4.78, 5) is 17.1. The summed E-state index contributed by atoms with van der Waals surface area (Å²) in [5, 5.41) is -0.00755. The molecule has 4 nitrogen and oxygen atoms in total. The topological polar surface area (TPSA) is 50.7 Å². The lowest BCUT2D eigenvalue weighted by Crippen LogP contribution is -2.19. The first-order valence-corrected chi connectivity index (χ1v) is 2.71. The van der Waals surface area contributed by atoms with E-state index in [-0.39, 0.29) is 5.11 Å². The Kier molecular flexibility index (Phi) is 4.91. The Hall–Kier alpha value is -0.770. The molecule has 0 aliphatic carbocycles. The zero-order chi connectivity index (χ0) is 7.11. The van der Waals surface area contributed by atoms with Crippen molar-refractivity contribution in [1.82, 2.24) is 5.48 Å². The second-order valence-electron chi connectivity index (χ2n) is 1.04.